The Labute approximate surface area is 192 Å². The number of nitrogens with zero attached hydrogens (tertiary/aromatic N) is 5. The number of aryl methyl sites for hydroxylation is 1. The van der Waals surface area contributed by atoms with Gasteiger partial charge in [-0.25, -0.2) is 14.6 Å². The van der Waals surface area contributed by atoms with Gasteiger partial charge in [0.05, 0.1) is 24.0 Å². The van der Waals surface area contributed by atoms with E-state index in [0.717, 1.165) is 51.1 Å². The summed E-state index contributed by atoms with van der Waals surface area (Å²) in [4.78, 5) is 9.26. The summed E-state index contributed by atoms with van der Waals surface area (Å²) in [5.74, 6) is 2.48. The van der Waals surface area contributed by atoms with Gasteiger partial charge in [-0.3, -0.25) is 0 Å². The number of nitrogens with one attached hydrogen (secondary N) is 1. The molecule has 0 saturated heterocycles. The molecule has 33 heavy (non-hydrogen) atoms. The maximum atomic E-state index is 5.44. The fourth-order valence-electron chi connectivity index (χ4n) is 4.03. The molecule has 0 aliphatic heterocycles. The minimum atomic E-state index is 0.247. The van der Waals surface area contributed by atoms with Crippen molar-refractivity contribution in [3.8, 4) is 22.8 Å². The summed E-state index contributed by atoms with van der Waals surface area (Å²) >= 11 is 0. The van der Waals surface area contributed by atoms with Crippen LogP contribution in [0, 0.1) is 6.92 Å². The van der Waals surface area contributed by atoms with E-state index < -0.39 is 0 Å². The molecule has 3 aromatic carbocycles. The van der Waals surface area contributed by atoms with E-state index in [-0.39, 0.29) is 6.04 Å². The highest BCUT2D eigenvalue weighted by molar-refractivity contribution is 5.93. The normalized spacial score (nSPS) is 11.3. The summed E-state index contributed by atoms with van der Waals surface area (Å²) in [6, 6.07) is 22.6. The third kappa shape index (κ3) is 3.93. The number of benzene rings is 3. The Kier molecular flexibility index (Phi) is 5.30. The van der Waals surface area contributed by atoms with Crippen LogP contribution in [0.5, 0.6) is 5.75 Å². The summed E-state index contributed by atoms with van der Waals surface area (Å²) in [6.45, 7) is 6.23. The second-order valence-corrected chi connectivity index (χ2v) is 8.21. The topological polar surface area (TPSA) is 69.8 Å². The van der Waals surface area contributed by atoms with Crippen LogP contribution in [-0.2, 0) is 0 Å². The summed E-state index contributed by atoms with van der Waals surface area (Å²) in [5.41, 5.74) is 5.94. The molecule has 0 unspecified atom stereocenters. The lowest BCUT2D eigenvalue weighted by Gasteiger charge is -2.14. The average Bonchev–Trinajstić information content (AvgIpc) is 3.44. The monoisotopic (exact) mass is 438 g/mol. The predicted octanol–water partition coefficient (Wildman–Crippen LogP) is 5.93. The molecule has 2 heterocycles. The number of para-hydroxylation sites is 1. The fraction of sp³-hybridized carbons (Fsp3) is 0.192. The molecule has 0 spiro atoms. The van der Waals surface area contributed by atoms with E-state index in [2.05, 4.69) is 58.1 Å². The van der Waals surface area contributed by atoms with Gasteiger partial charge in [0.2, 0.25) is 0 Å². The molecular formula is C26H26N6O. The lowest BCUT2D eigenvalue weighted by molar-refractivity contribution is 0.415. The number of rotatable bonds is 6. The Morgan fingerprint density at radius 3 is 2.45 bits per heavy atom. The second kappa shape index (κ2) is 8.43. The molecule has 7 heteroatoms. The van der Waals surface area contributed by atoms with Crippen molar-refractivity contribution < 1.29 is 4.74 Å². The Hall–Kier alpha value is -4.13. The van der Waals surface area contributed by atoms with Crippen molar-refractivity contribution in [3.63, 3.8) is 0 Å². The van der Waals surface area contributed by atoms with Gasteiger partial charge in [0.1, 0.15) is 29.2 Å². The van der Waals surface area contributed by atoms with Gasteiger partial charge >= 0.3 is 0 Å². The van der Waals surface area contributed by atoms with Crippen molar-refractivity contribution in [3.05, 3.63) is 78.9 Å². The molecule has 0 aliphatic rings. The number of hydrogen-bond donors (Lipinski definition) is 1. The van der Waals surface area contributed by atoms with E-state index in [9.17, 15) is 0 Å². The van der Waals surface area contributed by atoms with E-state index in [0.29, 0.717) is 0 Å². The van der Waals surface area contributed by atoms with Crippen molar-refractivity contribution in [2.24, 2.45) is 0 Å². The van der Waals surface area contributed by atoms with Crippen LogP contribution < -0.4 is 10.1 Å². The van der Waals surface area contributed by atoms with Gasteiger partial charge < -0.3 is 14.6 Å². The third-order valence-electron chi connectivity index (χ3n) is 5.58. The number of imidazole rings is 1. The number of hydrogen-bond acceptors (Lipinski definition) is 5. The van der Waals surface area contributed by atoms with E-state index >= 15 is 0 Å². The van der Waals surface area contributed by atoms with Gasteiger partial charge in [0.15, 0.2) is 0 Å². The molecule has 166 valence electrons. The minimum absolute atomic E-state index is 0.247. The number of methoxy groups -OCH3 is 1. The highest BCUT2D eigenvalue weighted by Crippen LogP contribution is 2.34. The molecule has 0 atom stereocenters. The molecule has 0 fully saturated rings. The van der Waals surface area contributed by atoms with Crippen molar-refractivity contribution in [1.82, 2.24) is 24.3 Å². The number of fused-ring (bicyclic) bond motifs is 1. The van der Waals surface area contributed by atoms with Gasteiger partial charge in [0, 0.05) is 17.3 Å². The first kappa shape index (κ1) is 20.8. The van der Waals surface area contributed by atoms with Gasteiger partial charge in [-0.05, 0) is 69.3 Å². The Morgan fingerprint density at radius 1 is 0.970 bits per heavy atom. The Morgan fingerprint density at radius 2 is 1.76 bits per heavy atom. The zero-order chi connectivity index (χ0) is 22.9. The number of ether oxygens (including phenoxy) is 1. The van der Waals surface area contributed by atoms with Crippen LogP contribution in [0.25, 0.3) is 28.1 Å². The van der Waals surface area contributed by atoms with Crippen LogP contribution in [0.2, 0.25) is 0 Å². The van der Waals surface area contributed by atoms with E-state index in [4.69, 9.17) is 9.72 Å². The van der Waals surface area contributed by atoms with Crippen molar-refractivity contribution >= 4 is 22.4 Å². The standard InChI is InChI=1S/C26H26N6O/c1-17(2)32-24-10-6-9-23(25(24)29-26(32)19-7-5-8-22(15-19)33-4)28-20-11-13-21(14-12-20)31-16-27-18(3)30-31/h5-17,28H,1-4H3. The molecule has 2 aromatic heterocycles. The predicted molar refractivity (Wildman–Crippen MR) is 131 cm³/mol. The van der Waals surface area contributed by atoms with Crippen LogP contribution in [-0.4, -0.2) is 31.4 Å². The summed E-state index contributed by atoms with van der Waals surface area (Å²) in [7, 11) is 1.68. The summed E-state index contributed by atoms with van der Waals surface area (Å²) < 4.78 is 9.47. The van der Waals surface area contributed by atoms with Crippen LogP contribution in [0.4, 0.5) is 11.4 Å². The smallest absolute Gasteiger partial charge is 0.147 e. The maximum absolute atomic E-state index is 5.44. The fourth-order valence-corrected chi connectivity index (χ4v) is 4.03. The van der Waals surface area contributed by atoms with Crippen LogP contribution in [0.1, 0.15) is 25.7 Å². The summed E-state index contributed by atoms with van der Waals surface area (Å²) in [5, 5.41) is 7.91. The van der Waals surface area contributed by atoms with E-state index in [1.165, 1.54) is 0 Å². The average molecular weight is 439 g/mol. The molecule has 5 rings (SSSR count). The van der Waals surface area contributed by atoms with Gasteiger partial charge in [-0.2, -0.15) is 5.10 Å². The van der Waals surface area contributed by atoms with E-state index in [1.807, 2.05) is 49.4 Å². The lowest BCUT2D eigenvalue weighted by Crippen LogP contribution is -2.03. The van der Waals surface area contributed by atoms with Gasteiger partial charge in [-0.15, -0.1) is 0 Å². The first-order chi connectivity index (χ1) is 16.0. The summed E-state index contributed by atoms with van der Waals surface area (Å²) in [6.07, 6.45) is 1.72. The van der Waals surface area contributed by atoms with E-state index in [1.54, 1.807) is 18.1 Å². The van der Waals surface area contributed by atoms with Crippen molar-refractivity contribution in [2.75, 3.05) is 12.4 Å². The van der Waals surface area contributed by atoms with Crippen molar-refractivity contribution in [1.29, 1.82) is 0 Å². The maximum Gasteiger partial charge on any atom is 0.147 e. The molecule has 0 bridgehead atoms. The minimum Gasteiger partial charge on any atom is -0.497 e. The Balaban J connectivity index is 1.54. The van der Waals surface area contributed by atoms with Crippen LogP contribution >= 0.6 is 0 Å². The molecular weight excluding hydrogens is 412 g/mol. The van der Waals surface area contributed by atoms with Crippen LogP contribution in [0.3, 0.4) is 0 Å². The van der Waals surface area contributed by atoms with Crippen molar-refractivity contribution in [2.45, 2.75) is 26.8 Å². The Bertz CT molecular complexity index is 1410. The molecule has 0 saturated carbocycles. The first-order valence-electron chi connectivity index (χ1n) is 10.9. The molecule has 7 nitrogen and oxygen atoms in total. The zero-order valence-corrected chi connectivity index (χ0v) is 19.1. The largest absolute Gasteiger partial charge is 0.497 e. The number of anilines is 2. The zero-order valence-electron chi connectivity index (χ0n) is 19.1. The first-order valence-corrected chi connectivity index (χ1v) is 10.9. The highest BCUT2D eigenvalue weighted by Gasteiger charge is 2.17. The molecule has 0 radical (unpaired) electrons. The third-order valence-corrected chi connectivity index (χ3v) is 5.58. The number of aromatic nitrogens is 5. The molecule has 1 N–H and O–H groups in total. The molecule has 0 aliphatic carbocycles. The molecule has 5 aromatic rings. The van der Waals surface area contributed by atoms with Gasteiger partial charge in [0.25, 0.3) is 0 Å². The van der Waals surface area contributed by atoms with Gasteiger partial charge in [-0.1, -0.05) is 18.2 Å². The highest BCUT2D eigenvalue weighted by atomic mass is 16.5. The SMILES string of the molecule is COc1cccc(-c2nc3c(Nc4ccc(-n5cnc(C)n5)cc4)cccc3n2C(C)C)c1. The second-order valence-electron chi connectivity index (χ2n) is 8.21. The molecule has 0 amide bonds. The lowest BCUT2D eigenvalue weighted by atomic mass is 10.2. The quantitative estimate of drug-likeness (QED) is 0.356. The van der Waals surface area contributed by atoms with Crippen LogP contribution in [0.15, 0.2) is 73.1 Å².